The molecule has 92 valence electrons. The van der Waals surface area contributed by atoms with Gasteiger partial charge in [-0.2, -0.15) is 0 Å². The second-order valence-electron chi connectivity index (χ2n) is 4.17. The second-order valence-corrected chi connectivity index (χ2v) is 5.04. The van der Waals surface area contributed by atoms with Crippen molar-refractivity contribution in [3.8, 4) is 0 Å². The van der Waals surface area contributed by atoms with E-state index in [1.54, 1.807) is 11.8 Å². The van der Waals surface area contributed by atoms with Crippen LogP contribution in [0.2, 0.25) is 0 Å². The van der Waals surface area contributed by atoms with Crippen LogP contribution in [-0.4, -0.2) is 18.5 Å². The smallest absolute Gasteiger partial charge is 0.411 e. The molecule has 1 aliphatic rings. The SMILES string of the molecule is CSc1ccc(NC(=O)OC2CCCC2)cc1. The fourth-order valence-electron chi connectivity index (χ4n) is 1.98. The van der Waals surface area contributed by atoms with Gasteiger partial charge in [0.2, 0.25) is 0 Å². The van der Waals surface area contributed by atoms with Gasteiger partial charge in [-0.1, -0.05) is 0 Å². The van der Waals surface area contributed by atoms with Crippen LogP contribution < -0.4 is 5.32 Å². The normalized spacial score (nSPS) is 15.8. The molecule has 1 aromatic carbocycles. The Labute approximate surface area is 106 Å². The van der Waals surface area contributed by atoms with Crippen LogP contribution in [0.4, 0.5) is 10.5 Å². The Kier molecular flexibility index (Phi) is 4.31. The highest BCUT2D eigenvalue weighted by molar-refractivity contribution is 7.98. The number of nitrogens with one attached hydrogen (secondary N) is 1. The minimum absolute atomic E-state index is 0.112. The van der Waals surface area contributed by atoms with E-state index < -0.39 is 0 Å². The standard InChI is InChI=1S/C13H17NO2S/c1-17-12-8-6-10(7-9-12)14-13(15)16-11-4-2-3-5-11/h6-9,11H,2-5H2,1H3,(H,14,15). The number of ether oxygens (including phenoxy) is 1. The van der Waals surface area contributed by atoms with Gasteiger partial charge in [0, 0.05) is 10.6 Å². The van der Waals surface area contributed by atoms with Crippen molar-refractivity contribution in [2.45, 2.75) is 36.7 Å². The summed E-state index contributed by atoms with van der Waals surface area (Å²) in [6.45, 7) is 0. The monoisotopic (exact) mass is 251 g/mol. The van der Waals surface area contributed by atoms with Gasteiger partial charge in [0.15, 0.2) is 0 Å². The Morgan fingerprint density at radius 2 is 1.94 bits per heavy atom. The van der Waals surface area contributed by atoms with E-state index in [4.69, 9.17) is 4.74 Å². The maximum absolute atomic E-state index is 11.6. The molecule has 1 fully saturated rings. The molecule has 2 rings (SSSR count). The quantitative estimate of drug-likeness (QED) is 0.828. The lowest BCUT2D eigenvalue weighted by molar-refractivity contribution is 0.114. The van der Waals surface area contributed by atoms with Crippen LogP contribution in [-0.2, 0) is 4.74 Å². The number of amides is 1. The lowest BCUT2D eigenvalue weighted by atomic mass is 10.3. The molecular formula is C13H17NO2S. The van der Waals surface area contributed by atoms with Gasteiger partial charge in [0.05, 0.1) is 0 Å². The Hall–Kier alpha value is -1.16. The van der Waals surface area contributed by atoms with E-state index >= 15 is 0 Å². The van der Waals surface area contributed by atoms with Gasteiger partial charge in [-0.3, -0.25) is 5.32 Å². The molecule has 1 aliphatic carbocycles. The number of rotatable bonds is 3. The summed E-state index contributed by atoms with van der Waals surface area (Å²) in [6, 6.07) is 7.75. The number of anilines is 1. The fraction of sp³-hybridized carbons (Fsp3) is 0.462. The maximum Gasteiger partial charge on any atom is 0.411 e. The third-order valence-corrected chi connectivity index (χ3v) is 3.66. The zero-order valence-corrected chi connectivity index (χ0v) is 10.8. The average molecular weight is 251 g/mol. The summed E-state index contributed by atoms with van der Waals surface area (Å²) in [5.41, 5.74) is 0.783. The molecular weight excluding hydrogens is 234 g/mol. The predicted octanol–water partition coefficient (Wildman–Crippen LogP) is 3.90. The van der Waals surface area contributed by atoms with Crippen molar-refractivity contribution in [1.29, 1.82) is 0 Å². The van der Waals surface area contributed by atoms with Crippen LogP contribution in [0.15, 0.2) is 29.2 Å². The summed E-state index contributed by atoms with van der Waals surface area (Å²) in [4.78, 5) is 12.8. The molecule has 0 bridgehead atoms. The van der Waals surface area contributed by atoms with Crippen molar-refractivity contribution in [1.82, 2.24) is 0 Å². The highest BCUT2D eigenvalue weighted by atomic mass is 32.2. The Morgan fingerprint density at radius 3 is 2.53 bits per heavy atom. The molecule has 0 aromatic heterocycles. The minimum atomic E-state index is -0.339. The topological polar surface area (TPSA) is 38.3 Å². The summed E-state index contributed by atoms with van der Waals surface area (Å²) >= 11 is 1.68. The van der Waals surface area contributed by atoms with Crippen LogP contribution >= 0.6 is 11.8 Å². The number of carbonyl (C=O) groups excluding carboxylic acids is 1. The van der Waals surface area contributed by atoms with E-state index in [9.17, 15) is 4.79 Å². The zero-order chi connectivity index (χ0) is 12.1. The van der Waals surface area contributed by atoms with E-state index in [0.29, 0.717) is 0 Å². The first kappa shape index (κ1) is 12.3. The van der Waals surface area contributed by atoms with Crippen LogP contribution in [0, 0.1) is 0 Å². The second kappa shape index (κ2) is 5.96. The van der Waals surface area contributed by atoms with Crippen LogP contribution in [0.3, 0.4) is 0 Å². The van der Waals surface area contributed by atoms with E-state index in [1.165, 1.54) is 17.7 Å². The third kappa shape index (κ3) is 3.66. The number of hydrogen-bond acceptors (Lipinski definition) is 3. The van der Waals surface area contributed by atoms with Crippen molar-refractivity contribution in [3.63, 3.8) is 0 Å². The number of carbonyl (C=O) groups is 1. The molecule has 1 amide bonds. The average Bonchev–Trinajstić information content (AvgIpc) is 2.82. The maximum atomic E-state index is 11.6. The highest BCUT2D eigenvalue weighted by Gasteiger charge is 2.18. The lowest BCUT2D eigenvalue weighted by Gasteiger charge is -2.12. The van der Waals surface area contributed by atoms with E-state index in [-0.39, 0.29) is 12.2 Å². The van der Waals surface area contributed by atoms with Crippen molar-refractivity contribution < 1.29 is 9.53 Å². The van der Waals surface area contributed by atoms with Gasteiger partial charge in [-0.15, -0.1) is 11.8 Å². The summed E-state index contributed by atoms with van der Waals surface area (Å²) in [6.07, 6.45) is 6.13. The summed E-state index contributed by atoms with van der Waals surface area (Å²) in [7, 11) is 0. The molecule has 0 heterocycles. The molecule has 4 heteroatoms. The Bertz CT molecular complexity index is 372. The minimum Gasteiger partial charge on any atom is -0.446 e. The van der Waals surface area contributed by atoms with E-state index in [1.807, 2.05) is 30.5 Å². The molecule has 0 saturated heterocycles. The first-order valence-corrected chi connectivity index (χ1v) is 7.12. The van der Waals surface area contributed by atoms with E-state index in [0.717, 1.165) is 18.5 Å². The number of thioether (sulfide) groups is 1. The molecule has 0 spiro atoms. The molecule has 1 aromatic rings. The molecule has 3 nitrogen and oxygen atoms in total. The molecule has 1 N–H and O–H groups in total. The molecule has 0 aliphatic heterocycles. The van der Waals surface area contributed by atoms with Gasteiger partial charge < -0.3 is 4.74 Å². The molecule has 17 heavy (non-hydrogen) atoms. The van der Waals surface area contributed by atoms with Crippen molar-refractivity contribution in [2.24, 2.45) is 0 Å². The van der Waals surface area contributed by atoms with Gasteiger partial charge in [0.25, 0.3) is 0 Å². The van der Waals surface area contributed by atoms with E-state index in [2.05, 4.69) is 5.32 Å². The van der Waals surface area contributed by atoms with Crippen LogP contribution in [0.5, 0.6) is 0 Å². The van der Waals surface area contributed by atoms with Crippen molar-refractivity contribution >= 4 is 23.5 Å². The highest BCUT2D eigenvalue weighted by Crippen LogP contribution is 2.22. The third-order valence-electron chi connectivity index (χ3n) is 2.91. The van der Waals surface area contributed by atoms with Gasteiger partial charge in [-0.05, 0) is 56.2 Å². The predicted molar refractivity (Wildman–Crippen MR) is 70.6 cm³/mol. The number of hydrogen-bond donors (Lipinski definition) is 1. The van der Waals surface area contributed by atoms with Gasteiger partial charge >= 0.3 is 6.09 Å². The number of benzene rings is 1. The van der Waals surface area contributed by atoms with Gasteiger partial charge in [0.1, 0.15) is 6.10 Å². The molecule has 0 radical (unpaired) electrons. The Morgan fingerprint density at radius 1 is 1.29 bits per heavy atom. The fourth-order valence-corrected chi connectivity index (χ4v) is 2.39. The lowest BCUT2D eigenvalue weighted by Crippen LogP contribution is -2.20. The summed E-state index contributed by atoms with van der Waals surface area (Å²) < 4.78 is 5.32. The van der Waals surface area contributed by atoms with Gasteiger partial charge in [-0.25, -0.2) is 4.79 Å². The zero-order valence-electron chi connectivity index (χ0n) is 9.94. The molecule has 0 unspecified atom stereocenters. The molecule has 1 saturated carbocycles. The largest absolute Gasteiger partial charge is 0.446 e. The molecule has 0 atom stereocenters. The first-order valence-electron chi connectivity index (χ1n) is 5.89. The Balaban J connectivity index is 1.84. The van der Waals surface area contributed by atoms with Crippen molar-refractivity contribution in [3.05, 3.63) is 24.3 Å². The summed E-state index contributed by atoms with van der Waals surface area (Å²) in [5.74, 6) is 0. The van der Waals surface area contributed by atoms with Crippen LogP contribution in [0.1, 0.15) is 25.7 Å². The first-order chi connectivity index (χ1) is 8.28. The van der Waals surface area contributed by atoms with Crippen LogP contribution in [0.25, 0.3) is 0 Å². The van der Waals surface area contributed by atoms with Crippen molar-refractivity contribution in [2.75, 3.05) is 11.6 Å². The summed E-state index contributed by atoms with van der Waals surface area (Å²) in [5, 5.41) is 2.75.